The third-order valence-corrected chi connectivity index (χ3v) is 2.35. The molecule has 62 valence electrons. The van der Waals surface area contributed by atoms with Gasteiger partial charge in [-0.1, -0.05) is 11.8 Å². The van der Waals surface area contributed by atoms with Crippen molar-refractivity contribution in [3.8, 4) is 0 Å². The number of hydrogen-bond acceptors (Lipinski definition) is 3. The van der Waals surface area contributed by atoms with Gasteiger partial charge in [0.05, 0.1) is 5.88 Å². The fourth-order valence-electron chi connectivity index (χ4n) is 0.599. The summed E-state index contributed by atoms with van der Waals surface area (Å²) in [5.74, 6) is 1.14. The highest BCUT2D eigenvalue weighted by molar-refractivity contribution is 8.13. The van der Waals surface area contributed by atoms with E-state index in [0.717, 1.165) is 5.75 Å². The third kappa shape index (κ3) is 2.59. The van der Waals surface area contributed by atoms with Crippen LogP contribution in [-0.2, 0) is 4.74 Å². The Morgan fingerprint density at radius 1 is 2.00 bits per heavy atom. The standard InChI is InChI=1S/C5H7ClN2O2S/c6-1-3-2-11-5(10-3)8-4(7)9/h3H,1-2H2,(H2,7,9)/b8-5+. The number of ether oxygens (including phenoxy) is 1. The van der Waals surface area contributed by atoms with Crippen molar-refractivity contribution < 1.29 is 9.53 Å². The molecule has 1 unspecified atom stereocenters. The van der Waals surface area contributed by atoms with Crippen LogP contribution in [0.25, 0.3) is 0 Å². The Bertz CT molecular complexity index is 197. The average molecular weight is 195 g/mol. The van der Waals surface area contributed by atoms with E-state index >= 15 is 0 Å². The zero-order valence-corrected chi connectivity index (χ0v) is 7.19. The Labute approximate surface area is 73.1 Å². The lowest BCUT2D eigenvalue weighted by Crippen LogP contribution is -2.13. The van der Waals surface area contributed by atoms with Crippen LogP contribution in [0, 0.1) is 0 Å². The summed E-state index contributed by atoms with van der Waals surface area (Å²) in [4.78, 5) is 13.7. The van der Waals surface area contributed by atoms with Crippen LogP contribution in [0.4, 0.5) is 4.79 Å². The molecular formula is C5H7ClN2O2S. The second-order valence-corrected chi connectivity index (χ2v) is 3.20. The van der Waals surface area contributed by atoms with Gasteiger partial charge in [0.25, 0.3) is 5.23 Å². The summed E-state index contributed by atoms with van der Waals surface area (Å²) >= 11 is 6.85. The van der Waals surface area contributed by atoms with Gasteiger partial charge in [-0.05, 0) is 0 Å². The molecule has 0 aromatic carbocycles. The minimum Gasteiger partial charge on any atom is -0.467 e. The molecule has 0 aromatic heterocycles. The quantitative estimate of drug-likeness (QED) is 0.628. The SMILES string of the molecule is NC(=O)/N=C1\OC(CCl)CS1. The summed E-state index contributed by atoms with van der Waals surface area (Å²) in [6.45, 7) is 0. The average Bonchev–Trinajstić information content (AvgIpc) is 2.34. The van der Waals surface area contributed by atoms with Gasteiger partial charge in [-0.2, -0.15) is 4.99 Å². The minimum absolute atomic E-state index is 0.0419. The molecule has 1 atom stereocenters. The van der Waals surface area contributed by atoms with Crippen molar-refractivity contribution >= 4 is 34.6 Å². The van der Waals surface area contributed by atoms with Crippen LogP contribution in [-0.4, -0.2) is 29.0 Å². The second-order valence-electron chi connectivity index (χ2n) is 1.92. The van der Waals surface area contributed by atoms with Gasteiger partial charge in [0.15, 0.2) is 0 Å². The molecule has 1 heterocycles. The number of urea groups is 1. The number of amides is 2. The summed E-state index contributed by atoms with van der Waals surface area (Å²) in [6.07, 6.45) is -0.0419. The monoisotopic (exact) mass is 194 g/mol. The van der Waals surface area contributed by atoms with E-state index in [4.69, 9.17) is 22.1 Å². The summed E-state index contributed by atoms with van der Waals surface area (Å²) in [5.41, 5.74) is 4.81. The Hall–Kier alpha value is -0.420. The molecule has 1 saturated heterocycles. The minimum atomic E-state index is -0.734. The summed E-state index contributed by atoms with van der Waals surface area (Å²) in [6, 6.07) is -0.734. The topological polar surface area (TPSA) is 64.7 Å². The van der Waals surface area contributed by atoms with Gasteiger partial charge in [-0.3, -0.25) is 0 Å². The molecule has 1 fully saturated rings. The Kier molecular flexibility index (Phi) is 3.02. The number of nitrogens with zero attached hydrogens (tertiary/aromatic N) is 1. The molecule has 0 saturated carbocycles. The van der Waals surface area contributed by atoms with Crippen molar-refractivity contribution in [3.05, 3.63) is 0 Å². The van der Waals surface area contributed by atoms with Crippen LogP contribution in [0.2, 0.25) is 0 Å². The molecule has 0 bridgehead atoms. The molecule has 2 amide bonds. The van der Waals surface area contributed by atoms with E-state index in [0.29, 0.717) is 11.1 Å². The molecule has 4 nitrogen and oxygen atoms in total. The van der Waals surface area contributed by atoms with Crippen LogP contribution < -0.4 is 5.73 Å². The van der Waals surface area contributed by atoms with Gasteiger partial charge in [-0.15, -0.1) is 11.6 Å². The van der Waals surface area contributed by atoms with E-state index in [1.165, 1.54) is 11.8 Å². The van der Waals surface area contributed by atoms with Crippen molar-refractivity contribution in [2.45, 2.75) is 6.10 Å². The van der Waals surface area contributed by atoms with Crippen LogP contribution in [0.5, 0.6) is 0 Å². The number of aliphatic imine (C=N–C) groups is 1. The number of carbonyl (C=O) groups excluding carboxylic acids is 1. The predicted octanol–water partition coefficient (Wildman–Crippen LogP) is 0.792. The fraction of sp³-hybridized carbons (Fsp3) is 0.600. The highest BCUT2D eigenvalue weighted by Gasteiger charge is 2.22. The summed E-state index contributed by atoms with van der Waals surface area (Å²) < 4.78 is 5.10. The fourth-order valence-corrected chi connectivity index (χ4v) is 1.77. The van der Waals surface area contributed by atoms with Crippen molar-refractivity contribution in [1.29, 1.82) is 0 Å². The molecule has 2 N–H and O–H groups in total. The molecule has 0 aromatic rings. The zero-order valence-electron chi connectivity index (χ0n) is 5.62. The predicted molar refractivity (Wildman–Crippen MR) is 45.1 cm³/mol. The number of nitrogens with two attached hydrogens (primary N) is 1. The second kappa shape index (κ2) is 3.82. The number of thioether (sulfide) groups is 1. The number of hydrogen-bond donors (Lipinski definition) is 1. The Morgan fingerprint density at radius 2 is 2.73 bits per heavy atom. The van der Waals surface area contributed by atoms with Crippen LogP contribution in [0.15, 0.2) is 4.99 Å². The van der Waals surface area contributed by atoms with E-state index in [9.17, 15) is 4.79 Å². The highest BCUT2D eigenvalue weighted by atomic mass is 35.5. The van der Waals surface area contributed by atoms with Gasteiger partial charge >= 0.3 is 6.03 Å². The smallest absolute Gasteiger partial charge is 0.342 e. The maximum atomic E-state index is 10.3. The van der Waals surface area contributed by atoms with Crippen molar-refractivity contribution in [1.82, 2.24) is 0 Å². The van der Waals surface area contributed by atoms with Crippen LogP contribution >= 0.6 is 23.4 Å². The van der Waals surface area contributed by atoms with Crippen molar-refractivity contribution in [2.75, 3.05) is 11.6 Å². The van der Waals surface area contributed by atoms with Crippen molar-refractivity contribution in [2.24, 2.45) is 10.7 Å². The van der Waals surface area contributed by atoms with E-state index in [1.54, 1.807) is 0 Å². The first kappa shape index (κ1) is 8.67. The van der Waals surface area contributed by atoms with E-state index < -0.39 is 6.03 Å². The molecule has 0 spiro atoms. The first-order valence-corrected chi connectivity index (χ1v) is 4.48. The molecule has 6 heteroatoms. The number of rotatable bonds is 1. The molecule has 0 aliphatic carbocycles. The molecule has 11 heavy (non-hydrogen) atoms. The lowest BCUT2D eigenvalue weighted by molar-refractivity contribution is 0.246. The number of alkyl halides is 1. The van der Waals surface area contributed by atoms with Crippen molar-refractivity contribution in [3.63, 3.8) is 0 Å². The van der Waals surface area contributed by atoms with Crippen LogP contribution in [0.1, 0.15) is 0 Å². The highest BCUT2D eigenvalue weighted by Crippen LogP contribution is 2.20. The van der Waals surface area contributed by atoms with Gasteiger partial charge in [0, 0.05) is 5.75 Å². The van der Waals surface area contributed by atoms with Crippen LogP contribution in [0.3, 0.4) is 0 Å². The lowest BCUT2D eigenvalue weighted by Gasteiger charge is -2.01. The summed E-state index contributed by atoms with van der Waals surface area (Å²) in [5, 5.41) is 0.322. The Balaban J connectivity index is 2.47. The van der Waals surface area contributed by atoms with E-state index in [-0.39, 0.29) is 6.10 Å². The maximum absolute atomic E-state index is 10.3. The zero-order chi connectivity index (χ0) is 8.27. The summed E-state index contributed by atoms with van der Waals surface area (Å²) in [7, 11) is 0. The van der Waals surface area contributed by atoms with Gasteiger partial charge < -0.3 is 10.5 Å². The van der Waals surface area contributed by atoms with E-state index in [1.807, 2.05) is 0 Å². The van der Waals surface area contributed by atoms with Gasteiger partial charge in [-0.25, -0.2) is 4.79 Å². The number of halogens is 1. The first-order valence-electron chi connectivity index (χ1n) is 2.96. The maximum Gasteiger partial charge on any atom is 0.342 e. The number of primary amides is 1. The van der Waals surface area contributed by atoms with Gasteiger partial charge in [0.2, 0.25) is 0 Å². The lowest BCUT2D eigenvalue weighted by atomic mass is 10.5. The molecule has 0 radical (unpaired) electrons. The van der Waals surface area contributed by atoms with E-state index in [2.05, 4.69) is 4.99 Å². The normalized spacial score (nSPS) is 27.0. The molecular weight excluding hydrogens is 188 g/mol. The molecule has 1 rings (SSSR count). The molecule has 1 aliphatic heterocycles. The largest absolute Gasteiger partial charge is 0.467 e. The first-order chi connectivity index (χ1) is 5.22. The van der Waals surface area contributed by atoms with Gasteiger partial charge in [0.1, 0.15) is 6.10 Å². The molecule has 1 aliphatic rings. The Morgan fingerprint density at radius 3 is 3.18 bits per heavy atom. The number of carbonyl (C=O) groups is 1. The third-order valence-electron chi connectivity index (χ3n) is 1.03.